The molecule has 0 aliphatic heterocycles. The van der Waals surface area contributed by atoms with Crippen molar-refractivity contribution < 1.29 is 27.9 Å². The van der Waals surface area contributed by atoms with Gasteiger partial charge >= 0.3 is 12.1 Å². The SMILES string of the molecule is CC(NC(=O)c1ccc(C(F)(F)F)cc1)(C(=O)O)C1CC1. The Morgan fingerprint density at radius 3 is 2.10 bits per heavy atom. The first-order valence-corrected chi connectivity index (χ1v) is 6.38. The van der Waals surface area contributed by atoms with E-state index in [9.17, 15) is 27.9 Å². The zero-order valence-corrected chi connectivity index (χ0v) is 11.2. The molecule has 2 N–H and O–H groups in total. The third-order valence-electron chi connectivity index (χ3n) is 3.69. The third-order valence-corrected chi connectivity index (χ3v) is 3.69. The Balaban J connectivity index is 2.15. The summed E-state index contributed by atoms with van der Waals surface area (Å²) in [5.74, 6) is -1.99. The van der Waals surface area contributed by atoms with Crippen molar-refractivity contribution in [3.8, 4) is 0 Å². The summed E-state index contributed by atoms with van der Waals surface area (Å²) in [6.07, 6.45) is -3.06. The fraction of sp³-hybridized carbons (Fsp3) is 0.429. The van der Waals surface area contributed by atoms with Crippen LogP contribution in [0.15, 0.2) is 24.3 Å². The molecular formula is C14H14F3NO3. The minimum Gasteiger partial charge on any atom is -0.480 e. The van der Waals surface area contributed by atoms with Crippen LogP contribution < -0.4 is 5.32 Å². The number of aliphatic carboxylic acids is 1. The first kappa shape index (κ1) is 15.3. The smallest absolute Gasteiger partial charge is 0.416 e. The highest BCUT2D eigenvalue weighted by molar-refractivity contribution is 5.98. The van der Waals surface area contributed by atoms with Crippen LogP contribution in [-0.2, 0) is 11.0 Å². The Hall–Kier alpha value is -2.05. The molecule has 4 nitrogen and oxygen atoms in total. The zero-order chi connectivity index (χ0) is 15.8. The molecule has 7 heteroatoms. The van der Waals surface area contributed by atoms with Crippen molar-refractivity contribution in [3.63, 3.8) is 0 Å². The van der Waals surface area contributed by atoms with E-state index in [1.54, 1.807) is 0 Å². The fourth-order valence-electron chi connectivity index (χ4n) is 2.11. The van der Waals surface area contributed by atoms with Crippen molar-refractivity contribution in [1.29, 1.82) is 0 Å². The van der Waals surface area contributed by atoms with Crippen molar-refractivity contribution in [3.05, 3.63) is 35.4 Å². The maximum absolute atomic E-state index is 12.4. The van der Waals surface area contributed by atoms with Crippen LogP contribution in [0.25, 0.3) is 0 Å². The maximum Gasteiger partial charge on any atom is 0.416 e. The Labute approximate surface area is 119 Å². The van der Waals surface area contributed by atoms with Crippen LogP contribution >= 0.6 is 0 Å². The summed E-state index contributed by atoms with van der Waals surface area (Å²) in [7, 11) is 0. The summed E-state index contributed by atoms with van der Waals surface area (Å²) in [6, 6.07) is 3.66. The van der Waals surface area contributed by atoms with Crippen molar-refractivity contribution in [2.45, 2.75) is 31.5 Å². The number of amides is 1. The number of carboxylic acids is 1. The molecule has 0 heterocycles. The summed E-state index contributed by atoms with van der Waals surface area (Å²) < 4.78 is 37.3. The van der Waals surface area contributed by atoms with Gasteiger partial charge < -0.3 is 10.4 Å². The molecule has 0 spiro atoms. The predicted molar refractivity (Wildman–Crippen MR) is 67.7 cm³/mol. The number of nitrogens with one attached hydrogen (secondary N) is 1. The van der Waals surface area contributed by atoms with Crippen LogP contribution in [0.5, 0.6) is 0 Å². The highest BCUT2D eigenvalue weighted by Crippen LogP contribution is 2.40. The summed E-state index contributed by atoms with van der Waals surface area (Å²) in [5.41, 5.74) is -2.25. The van der Waals surface area contributed by atoms with Crippen LogP contribution in [0.3, 0.4) is 0 Å². The Morgan fingerprint density at radius 1 is 1.19 bits per heavy atom. The minimum absolute atomic E-state index is 0.00359. The second-order valence-electron chi connectivity index (χ2n) is 5.31. The lowest BCUT2D eigenvalue weighted by molar-refractivity contribution is -0.144. The normalized spacial score (nSPS) is 17.9. The van der Waals surface area contributed by atoms with Gasteiger partial charge in [-0.25, -0.2) is 4.79 Å². The second kappa shape index (κ2) is 5.05. The number of benzene rings is 1. The van der Waals surface area contributed by atoms with Crippen molar-refractivity contribution in [2.75, 3.05) is 0 Å². The Kier molecular flexibility index (Phi) is 3.69. The van der Waals surface area contributed by atoms with Gasteiger partial charge in [0.1, 0.15) is 5.54 Å². The topological polar surface area (TPSA) is 66.4 Å². The quantitative estimate of drug-likeness (QED) is 0.898. The minimum atomic E-state index is -4.47. The van der Waals surface area contributed by atoms with Crippen LogP contribution in [-0.4, -0.2) is 22.5 Å². The Morgan fingerprint density at radius 2 is 1.71 bits per heavy atom. The molecule has 1 aromatic rings. The monoisotopic (exact) mass is 301 g/mol. The number of carbonyl (C=O) groups is 2. The highest BCUT2D eigenvalue weighted by Gasteiger charge is 2.48. The van der Waals surface area contributed by atoms with Crippen molar-refractivity contribution in [1.82, 2.24) is 5.32 Å². The molecule has 1 amide bonds. The summed E-state index contributed by atoms with van der Waals surface area (Å²) in [5, 5.41) is 11.6. The van der Waals surface area contributed by atoms with Gasteiger partial charge in [-0.15, -0.1) is 0 Å². The molecule has 0 aromatic heterocycles. The molecule has 1 atom stereocenters. The highest BCUT2D eigenvalue weighted by atomic mass is 19.4. The van der Waals surface area contributed by atoms with Gasteiger partial charge in [0.05, 0.1) is 5.56 Å². The summed E-state index contributed by atoms with van der Waals surface area (Å²) in [4.78, 5) is 23.3. The number of carbonyl (C=O) groups excluding carboxylic acids is 1. The average molecular weight is 301 g/mol. The molecule has 114 valence electrons. The molecule has 1 aliphatic carbocycles. The molecule has 21 heavy (non-hydrogen) atoms. The molecule has 1 aromatic carbocycles. The standard InChI is InChI=1S/C14H14F3NO3/c1-13(12(20)21,9-6-7-9)18-11(19)8-2-4-10(5-3-8)14(15,16)17/h2-5,9H,6-7H2,1H3,(H,18,19)(H,20,21). The molecular weight excluding hydrogens is 287 g/mol. The molecule has 0 saturated heterocycles. The number of carboxylic acid groups (broad SMARTS) is 1. The van der Waals surface area contributed by atoms with E-state index in [1.165, 1.54) is 6.92 Å². The van der Waals surface area contributed by atoms with Crippen LogP contribution in [0.4, 0.5) is 13.2 Å². The van der Waals surface area contributed by atoms with E-state index in [-0.39, 0.29) is 11.5 Å². The zero-order valence-electron chi connectivity index (χ0n) is 11.2. The molecule has 0 bridgehead atoms. The lowest BCUT2D eigenvalue weighted by Gasteiger charge is -2.26. The third kappa shape index (κ3) is 3.17. The average Bonchev–Trinajstić information content (AvgIpc) is 3.22. The fourth-order valence-corrected chi connectivity index (χ4v) is 2.11. The van der Waals surface area contributed by atoms with Gasteiger partial charge in [-0.05, 0) is 49.9 Å². The van der Waals surface area contributed by atoms with Gasteiger partial charge in [0.25, 0.3) is 5.91 Å². The van der Waals surface area contributed by atoms with Gasteiger partial charge in [-0.1, -0.05) is 0 Å². The van der Waals surface area contributed by atoms with Gasteiger partial charge in [0, 0.05) is 5.56 Å². The molecule has 1 fully saturated rings. The van der Waals surface area contributed by atoms with E-state index in [4.69, 9.17) is 0 Å². The van der Waals surface area contributed by atoms with E-state index in [0.717, 1.165) is 24.3 Å². The van der Waals surface area contributed by atoms with E-state index in [1.807, 2.05) is 0 Å². The van der Waals surface area contributed by atoms with E-state index in [2.05, 4.69) is 5.32 Å². The van der Waals surface area contributed by atoms with Crippen molar-refractivity contribution in [2.24, 2.45) is 5.92 Å². The second-order valence-corrected chi connectivity index (χ2v) is 5.31. The number of halogens is 3. The first-order valence-electron chi connectivity index (χ1n) is 6.38. The molecule has 2 rings (SSSR count). The molecule has 1 saturated carbocycles. The van der Waals surface area contributed by atoms with Crippen LogP contribution in [0, 0.1) is 5.92 Å². The summed E-state index contributed by atoms with van der Waals surface area (Å²) in [6.45, 7) is 1.41. The lowest BCUT2D eigenvalue weighted by atomic mass is 9.95. The number of hydrogen-bond acceptors (Lipinski definition) is 2. The van der Waals surface area contributed by atoms with Gasteiger partial charge in [-0.3, -0.25) is 4.79 Å². The van der Waals surface area contributed by atoms with Crippen LogP contribution in [0.2, 0.25) is 0 Å². The molecule has 0 radical (unpaired) electrons. The summed E-state index contributed by atoms with van der Waals surface area (Å²) >= 11 is 0. The van der Waals surface area contributed by atoms with Gasteiger partial charge in [-0.2, -0.15) is 13.2 Å². The van der Waals surface area contributed by atoms with Crippen LogP contribution in [0.1, 0.15) is 35.7 Å². The maximum atomic E-state index is 12.4. The van der Waals surface area contributed by atoms with Gasteiger partial charge in [0.2, 0.25) is 0 Å². The van der Waals surface area contributed by atoms with Gasteiger partial charge in [0.15, 0.2) is 0 Å². The molecule has 1 aliphatic rings. The first-order chi connectivity index (χ1) is 9.64. The van der Waals surface area contributed by atoms with E-state index < -0.39 is 29.2 Å². The lowest BCUT2D eigenvalue weighted by Crippen LogP contribution is -2.54. The number of hydrogen-bond donors (Lipinski definition) is 2. The van der Waals surface area contributed by atoms with E-state index >= 15 is 0 Å². The van der Waals surface area contributed by atoms with E-state index in [0.29, 0.717) is 12.8 Å². The van der Waals surface area contributed by atoms with Crippen molar-refractivity contribution >= 4 is 11.9 Å². The molecule has 1 unspecified atom stereocenters. The number of alkyl halides is 3. The predicted octanol–water partition coefficient (Wildman–Crippen LogP) is 2.69. The number of rotatable bonds is 4. The largest absolute Gasteiger partial charge is 0.480 e. The Bertz CT molecular complexity index is 564.